The maximum Gasteiger partial charge on any atom is 0.222 e. The van der Waals surface area contributed by atoms with E-state index in [-0.39, 0.29) is 11.7 Å². The summed E-state index contributed by atoms with van der Waals surface area (Å²) in [5.41, 5.74) is 0.333. The number of carbonyl (C=O) groups excluding carboxylic acids is 1. The second-order valence-electron chi connectivity index (χ2n) is 5.07. The Hall–Kier alpha value is -1.46. The third-order valence-corrected chi connectivity index (χ3v) is 3.72. The van der Waals surface area contributed by atoms with Gasteiger partial charge in [0.2, 0.25) is 5.91 Å². The van der Waals surface area contributed by atoms with Crippen LogP contribution in [-0.2, 0) is 4.79 Å². The minimum Gasteiger partial charge on any atom is -0.387 e. The first-order chi connectivity index (χ1) is 9.61. The van der Waals surface area contributed by atoms with Gasteiger partial charge in [-0.15, -0.1) is 0 Å². The maximum atomic E-state index is 13.6. The van der Waals surface area contributed by atoms with Crippen LogP contribution >= 0.6 is 0 Å². The van der Waals surface area contributed by atoms with Gasteiger partial charge in [0.05, 0.1) is 6.10 Å². The van der Waals surface area contributed by atoms with E-state index in [9.17, 15) is 14.3 Å². The predicted molar refractivity (Wildman–Crippen MR) is 74.7 cm³/mol. The summed E-state index contributed by atoms with van der Waals surface area (Å²) in [7, 11) is 0. The highest BCUT2D eigenvalue weighted by Gasteiger charge is 2.22. The van der Waals surface area contributed by atoms with E-state index in [1.54, 1.807) is 18.2 Å². The van der Waals surface area contributed by atoms with Gasteiger partial charge in [0.15, 0.2) is 0 Å². The zero-order valence-corrected chi connectivity index (χ0v) is 11.8. The fraction of sp³-hybridized carbons (Fsp3) is 0.533. The first-order valence-electron chi connectivity index (χ1n) is 7.04. The van der Waals surface area contributed by atoms with Crippen molar-refractivity contribution in [2.75, 3.05) is 32.7 Å². The molecule has 0 bridgehead atoms. The Morgan fingerprint density at radius 1 is 1.30 bits per heavy atom. The molecule has 1 aliphatic heterocycles. The number of hydrogen-bond acceptors (Lipinski definition) is 3. The van der Waals surface area contributed by atoms with Crippen LogP contribution in [0.3, 0.4) is 0 Å². The highest BCUT2D eigenvalue weighted by molar-refractivity contribution is 5.75. The average Bonchev–Trinajstić information content (AvgIpc) is 2.47. The van der Waals surface area contributed by atoms with Crippen LogP contribution in [0.5, 0.6) is 0 Å². The van der Waals surface area contributed by atoms with E-state index in [2.05, 4.69) is 4.90 Å². The number of nitrogens with zero attached hydrogens (tertiary/aromatic N) is 2. The normalized spacial score (nSPS) is 18.1. The molecule has 1 heterocycles. The zero-order chi connectivity index (χ0) is 14.5. The largest absolute Gasteiger partial charge is 0.387 e. The topological polar surface area (TPSA) is 43.8 Å². The fourth-order valence-corrected chi connectivity index (χ4v) is 2.49. The highest BCUT2D eigenvalue weighted by Crippen LogP contribution is 2.18. The molecule has 1 unspecified atom stereocenters. The number of benzene rings is 1. The van der Waals surface area contributed by atoms with Crippen LogP contribution in [0.25, 0.3) is 0 Å². The monoisotopic (exact) mass is 280 g/mol. The van der Waals surface area contributed by atoms with Crippen molar-refractivity contribution >= 4 is 5.91 Å². The first-order valence-corrected chi connectivity index (χ1v) is 7.04. The Labute approximate surface area is 118 Å². The molecule has 1 aromatic rings. The minimum absolute atomic E-state index is 0.166. The van der Waals surface area contributed by atoms with Crippen molar-refractivity contribution in [1.29, 1.82) is 0 Å². The lowest BCUT2D eigenvalue weighted by molar-refractivity contribution is -0.132. The molecule has 5 heteroatoms. The first kappa shape index (κ1) is 14.9. The number of aliphatic hydroxyl groups is 1. The number of piperazine rings is 1. The van der Waals surface area contributed by atoms with Crippen molar-refractivity contribution in [2.45, 2.75) is 19.4 Å². The van der Waals surface area contributed by atoms with Gasteiger partial charge < -0.3 is 10.0 Å². The molecule has 1 fully saturated rings. The van der Waals surface area contributed by atoms with Crippen LogP contribution in [0, 0.1) is 5.82 Å². The Morgan fingerprint density at radius 2 is 1.95 bits per heavy atom. The summed E-state index contributed by atoms with van der Waals surface area (Å²) in [4.78, 5) is 15.5. The number of carbonyl (C=O) groups is 1. The standard InChI is InChI=1S/C15H21FN2O2/c1-2-15(20)18-9-7-17(8-10-18)11-14(19)12-5-3-4-6-13(12)16/h3-6,14,19H,2,7-11H2,1H3. The fourth-order valence-electron chi connectivity index (χ4n) is 2.49. The molecule has 1 saturated heterocycles. The highest BCUT2D eigenvalue weighted by atomic mass is 19.1. The Kier molecular flexibility index (Phi) is 5.09. The van der Waals surface area contributed by atoms with E-state index in [1.165, 1.54) is 6.07 Å². The molecule has 1 atom stereocenters. The molecule has 0 spiro atoms. The van der Waals surface area contributed by atoms with Crippen LogP contribution in [0.1, 0.15) is 25.0 Å². The lowest BCUT2D eigenvalue weighted by Gasteiger charge is -2.35. The van der Waals surface area contributed by atoms with Crippen LogP contribution in [0.4, 0.5) is 4.39 Å². The van der Waals surface area contributed by atoms with Gasteiger partial charge in [-0.2, -0.15) is 0 Å². The third kappa shape index (κ3) is 3.55. The third-order valence-electron chi connectivity index (χ3n) is 3.72. The smallest absolute Gasteiger partial charge is 0.222 e. The number of aliphatic hydroxyl groups excluding tert-OH is 1. The number of hydrogen-bond donors (Lipinski definition) is 1. The van der Waals surface area contributed by atoms with Gasteiger partial charge in [-0.25, -0.2) is 4.39 Å². The second kappa shape index (κ2) is 6.81. The molecular formula is C15H21FN2O2. The SMILES string of the molecule is CCC(=O)N1CCN(CC(O)c2ccccc2F)CC1. The number of β-amino-alcohol motifs (C(OH)–C–C–N with tert-alkyl or cyclic N) is 1. The molecule has 1 N–H and O–H groups in total. The molecule has 0 saturated carbocycles. The number of rotatable bonds is 4. The van der Waals surface area contributed by atoms with E-state index in [1.807, 2.05) is 11.8 Å². The molecule has 20 heavy (non-hydrogen) atoms. The predicted octanol–water partition coefficient (Wildman–Crippen LogP) is 1.41. The number of amides is 1. The second-order valence-corrected chi connectivity index (χ2v) is 5.07. The summed E-state index contributed by atoms with van der Waals surface area (Å²) >= 11 is 0. The molecule has 4 nitrogen and oxygen atoms in total. The van der Waals surface area contributed by atoms with Gasteiger partial charge in [-0.05, 0) is 6.07 Å². The lowest BCUT2D eigenvalue weighted by Crippen LogP contribution is -2.49. The van der Waals surface area contributed by atoms with E-state index in [0.717, 1.165) is 13.1 Å². The summed E-state index contributed by atoms with van der Waals surface area (Å²) in [5, 5.41) is 10.1. The molecule has 110 valence electrons. The van der Waals surface area contributed by atoms with Crippen LogP contribution in [-0.4, -0.2) is 53.5 Å². The van der Waals surface area contributed by atoms with Gasteiger partial charge >= 0.3 is 0 Å². The Balaban J connectivity index is 1.87. The van der Waals surface area contributed by atoms with Crippen LogP contribution in [0.2, 0.25) is 0 Å². The average molecular weight is 280 g/mol. The number of halogens is 1. The van der Waals surface area contributed by atoms with Gasteiger partial charge in [0.1, 0.15) is 5.82 Å². The van der Waals surface area contributed by atoms with Gasteiger partial charge in [-0.1, -0.05) is 25.1 Å². The molecule has 0 aliphatic carbocycles. The molecule has 0 radical (unpaired) electrons. The molecule has 1 aliphatic rings. The Bertz CT molecular complexity index is 459. The van der Waals surface area contributed by atoms with Crippen molar-refractivity contribution in [1.82, 2.24) is 9.80 Å². The molecule has 0 aromatic heterocycles. The van der Waals surface area contributed by atoms with Crippen LogP contribution in [0.15, 0.2) is 24.3 Å². The van der Waals surface area contributed by atoms with Crippen molar-refractivity contribution < 1.29 is 14.3 Å². The van der Waals surface area contributed by atoms with E-state index in [4.69, 9.17) is 0 Å². The summed E-state index contributed by atoms with van der Waals surface area (Å²) in [6.07, 6.45) is -0.303. The summed E-state index contributed by atoms with van der Waals surface area (Å²) in [6, 6.07) is 6.30. The van der Waals surface area contributed by atoms with Crippen molar-refractivity contribution in [2.24, 2.45) is 0 Å². The zero-order valence-electron chi connectivity index (χ0n) is 11.8. The van der Waals surface area contributed by atoms with Gasteiger partial charge in [-0.3, -0.25) is 9.69 Å². The summed E-state index contributed by atoms with van der Waals surface area (Å²) < 4.78 is 13.6. The molecule has 2 rings (SSSR count). The van der Waals surface area contributed by atoms with Crippen molar-refractivity contribution in [3.63, 3.8) is 0 Å². The van der Waals surface area contributed by atoms with Gasteiger partial charge in [0.25, 0.3) is 0 Å². The van der Waals surface area contributed by atoms with E-state index < -0.39 is 6.10 Å². The van der Waals surface area contributed by atoms with E-state index >= 15 is 0 Å². The van der Waals surface area contributed by atoms with Crippen molar-refractivity contribution in [3.05, 3.63) is 35.6 Å². The van der Waals surface area contributed by atoms with Crippen molar-refractivity contribution in [3.8, 4) is 0 Å². The summed E-state index contributed by atoms with van der Waals surface area (Å²) in [6.45, 7) is 5.05. The molecule has 1 amide bonds. The Morgan fingerprint density at radius 3 is 2.55 bits per heavy atom. The van der Waals surface area contributed by atoms with Crippen LogP contribution < -0.4 is 0 Å². The molecular weight excluding hydrogens is 259 g/mol. The lowest BCUT2D eigenvalue weighted by atomic mass is 10.1. The quantitative estimate of drug-likeness (QED) is 0.907. The maximum absolute atomic E-state index is 13.6. The van der Waals surface area contributed by atoms with E-state index in [0.29, 0.717) is 31.6 Å². The summed E-state index contributed by atoms with van der Waals surface area (Å²) in [5.74, 6) is -0.209. The van der Waals surface area contributed by atoms with Gasteiger partial charge in [0, 0.05) is 44.7 Å². The minimum atomic E-state index is -0.829. The molecule has 1 aromatic carbocycles.